The molecule has 0 aromatic heterocycles. The van der Waals surface area contributed by atoms with E-state index in [1.807, 2.05) is 0 Å². The van der Waals surface area contributed by atoms with Crippen molar-refractivity contribution in [2.24, 2.45) is 0 Å². The van der Waals surface area contributed by atoms with E-state index in [0.29, 0.717) is 0 Å². The Labute approximate surface area is 118 Å². The highest BCUT2D eigenvalue weighted by Gasteiger charge is 2.35. The molecule has 2 rings (SSSR count). The summed E-state index contributed by atoms with van der Waals surface area (Å²) in [5.74, 6) is -4.73. The molecule has 0 aliphatic carbocycles. The molecule has 0 bridgehead atoms. The molecule has 0 atom stereocenters. The summed E-state index contributed by atoms with van der Waals surface area (Å²) in [5, 5.41) is -1.09. The zero-order chi connectivity index (χ0) is 15.1. The molecule has 9 heteroatoms. The van der Waals surface area contributed by atoms with Gasteiger partial charge in [-0.05, 0) is 0 Å². The van der Waals surface area contributed by atoms with Gasteiger partial charge in [-0.2, -0.15) is 4.31 Å². The Kier molecular flexibility index (Phi) is 4.08. The molecule has 1 aromatic carbocycles. The number of hydrogen-bond donors (Lipinski definition) is 0. The minimum Gasteiger partial charge on any atom is -0.300 e. The van der Waals surface area contributed by atoms with Crippen LogP contribution in [0.3, 0.4) is 0 Å². The lowest BCUT2D eigenvalue weighted by atomic mass is 10.1. The summed E-state index contributed by atoms with van der Waals surface area (Å²) in [6.07, 6.45) is -0.0607. The van der Waals surface area contributed by atoms with Gasteiger partial charge in [0, 0.05) is 32.0 Å². The highest BCUT2D eigenvalue weighted by molar-refractivity contribution is 7.89. The molecule has 1 aliphatic heterocycles. The van der Waals surface area contributed by atoms with Gasteiger partial charge in [-0.1, -0.05) is 11.6 Å². The van der Waals surface area contributed by atoms with Crippen LogP contribution in [0.1, 0.15) is 12.8 Å². The number of nitrogens with zero attached hydrogens (tertiary/aromatic N) is 1. The lowest BCUT2D eigenvalue weighted by molar-refractivity contribution is -0.120. The summed E-state index contributed by atoms with van der Waals surface area (Å²) in [5.41, 5.74) is 0. The van der Waals surface area contributed by atoms with Crippen LogP contribution < -0.4 is 0 Å². The zero-order valence-corrected chi connectivity index (χ0v) is 11.6. The van der Waals surface area contributed by atoms with E-state index >= 15 is 0 Å². The number of carbonyl (C=O) groups is 1. The second kappa shape index (κ2) is 5.34. The van der Waals surface area contributed by atoms with Crippen LogP contribution in [-0.4, -0.2) is 31.6 Å². The first-order chi connectivity index (χ1) is 9.25. The fourth-order valence-corrected chi connectivity index (χ4v) is 3.65. The van der Waals surface area contributed by atoms with Gasteiger partial charge >= 0.3 is 0 Å². The lowest BCUT2D eigenvalue weighted by Gasteiger charge is -2.25. The normalized spacial score (nSPS) is 17.5. The second-order valence-electron chi connectivity index (χ2n) is 4.24. The minimum absolute atomic E-state index is 0.0304. The fourth-order valence-electron chi connectivity index (χ4n) is 1.89. The molecule has 1 heterocycles. The number of halogens is 4. The molecule has 0 N–H and O–H groups in total. The van der Waals surface area contributed by atoms with Crippen LogP contribution >= 0.6 is 11.6 Å². The average Bonchev–Trinajstić information content (AvgIpc) is 2.36. The zero-order valence-electron chi connectivity index (χ0n) is 10.00. The molecule has 0 amide bonds. The smallest absolute Gasteiger partial charge is 0.249 e. The summed E-state index contributed by atoms with van der Waals surface area (Å²) in [7, 11) is -4.51. The number of rotatable bonds is 2. The van der Waals surface area contributed by atoms with Crippen molar-refractivity contribution in [2.45, 2.75) is 17.7 Å². The van der Waals surface area contributed by atoms with Gasteiger partial charge in [0.15, 0.2) is 10.7 Å². The van der Waals surface area contributed by atoms with Crippen molar-refractivity contribution in [3.05, 3.63) is 28.5 Å². The van der Waals surface area contributed by atoms with E-state index in [-0.39, 0.29) is 37.8 Å². The van der Waals surface area contributed by atoms with E-state index in [9.17, 15) is 26.4 Å². The van der Waals surface area contributed by atoms with Crippen LogP contribution in [0.2, 0.25) is 5.02 Å². The van der Waals surface area contributed by atoms with Crippen molar-refractivity contribution in [3.8, 4) is 0 Å². The topological polar surface area (TPSA) is 54.5 Å². The third-order valence-electron chi connectivity index (χ3n) is 2.95. The van der Waals surface area contributed by atoms with Crippen LogP contribution in [0.4, 0.5) is 13.2 Å². The predicted octanol–water partition coefficient (Wildman–Crippen LogP) is 2.11. The molecule has 1 saturated heterocycles. The number of sulfonamides is 1. The van der Waals surface area contributed by atoms with Crippen molar-refractivity contribution in [2.75, 3.05) is 13.1 Å². The summed E-state index contributed by atoms with van der Waals surface area (Å²) >= 11 is 5.27. The van der Waals surface area contributed by atoms with Crippen molar-refractivity contribution >= 4 is 27.4 Å². The number of benzene rings is 1. The molecular weight excluding hydrogens is 319 g/mol. The molecule has 0 saturated carbocycles. The quantitative estimate of drug-likeness (QED) is 0.617. The SMILES string of the molecule is O=C1CCN(S(=O)(=O)c2c(F)cc(F)c(Cl)c2F)CC1. The standard InChI is InChI=1S/C11H9ClF3NO3S/c12-9-7(13)5-8(14)11(10(9)15)20(18,19)16-3-1-6(17)2-4-16/h5H,1-4H2. The van der Waals surface area contributed by atoms with E-state index in [1.165, 1.54) is 0 Å². The van der Waals surface area contributed by atoms with Gasteiger partial charge in [0.05, 0.1) is 0 Å². The Hall–Kier alpha value is -1.12. The monoisotopic (exact) mass is 327 g/mol. The molecule has 20 heavy (non-hydrogen) atoms. The first kappa shape index (κ1) is 15.3. The maximum absolute atomic E-state index is 13.8. The van der Waals surface area contributed by atoms with Crippen LogP contribution in [-0.2, 0) is 14.8 Å². The van der Waals surface area contributed by atoms with Gasteiger partial charge in [-0.3, -0.25) is 4.79 Å². The first-order valence-corrected chi connectivity index (χ1v) is 7.42. The summed E-state index contributed by atoms with van der Waals surface area (Å²) < 4.78 is 65.5. The van der Waals surface area contributed by atoms with Gasteiger partial charge < -0.3 is 0 Å². The van der Waals surface area contributed by atoms with E-state index in [4.69, 9.17) is 11.6 Å². The number of Topliss-reactive ketones (excluding diaryl/α,β-unsaturated/α-hetero) is 1. The maximum Gasteiger partial charge on any atom is 0.249 e. The molecular formula is C11H9ClF3NO3S. The van der Waals surface area contributed by atoms with Gasteiger partial charge in [0.25, 0.3) is 0 Å². The van der Waals surface area contributed by atoms with Crippen LogP contribution in [0.25, 0.3) is 0 Å². The van der Waals surface area contributed by atoms with E-state index < -0.39 is 37.4 Å². The second-order valence-corrected chi connectivity index (χ2v) is 6.49. The molecule has 0 radical (unpaired) electrons. The van der Waals surface area contributed by atoms with E-state index in [2.05, 4.69) is 0 Å². The fraction of sp³-hybridized carbons (Fsp3) is 0.364. The minimum atomic E-state index is -4.51. The molecule has 110 valence electrons. The molecule has 0 unspecified atom stereocenters. The maximum atomic E-state index is 13.8. The highest BCUT2D eigenvalue weighted by atomic mass is 35.5. The summed E-state index contributed by atoms with van der Waals surface area (Å²) in [6.45, 7) is -0.343. The third kappa shape index (κ3) is 2.55. The molecule has 0 spiro atoms. The Balaban J connectivity index is 2.50. The Morgan fingerprint density at radius 1 is 1.10 bits per heavy atom. The summed E-state index contributed by atoms with van der Waals surface area (Å²) in [4.78, 5) is 9.77. The summed E-state index contributed by atoms with van der Waals surface area (Å²) in [6, 6.07) is 0.216. The Bertz CT molecular complexity index is 668. The van der Waals surface area contributed by atoms with Gasteiger partial charge in [-0.25, -0.2) is 21.6 Å². The Morgan fingerprint density at radius 2 is 1.65 bits per heavy atom. The molecule has 1 aromatic rings. The van der Waals surface area contributed by atoms with Gasteiger partial charge in [0.2, 0.25) is 10.0 Å². The van der Waals surface area contributed by atoms with Crippen LogP contribution in [0.15, 0.2) is 11.0 Å². The van der Waals surface area contributed by atoms with E-state index in [1.54, 1.807) is 0 Å². The molecule has 4 nitrogen and oxygen atoms in total. The largest absolute Gasteiger partial charge is 0.300 e. The van der Waals surface area contributed by atoms with Crippen molar-refractivity contribution in [3.63, 3.8) is 0 Å². The Morgan fingerprint density at radius 3 is 2.20 bits per heavy atom. The first-order valence-electron chi connectivity index (χ1n) is 5.60. The third-order valence-corrected chi connectivity index (χ3v) is 5.23. The van der Waals surface area contributed by atoms with Gasteiger partial charge in [0.1, 0.15) is 22.4 Å². The number of ketones is 1. The van der Waals surface area contributed by atoms with E-state index in [0.717, 1.165) is 4.31 Å². The van der Waals surface area contributed by atoms with Crippen molar-refractivity contribution < 1.29 is 26.4 Å². The molecule has 1 fully saturated rings. The lowest BCUT2D eigenvalue weighted by Crippen LogP contribution is -2.39. The van der Waals surface area contributed by atoms with Crippen molar-refractivity contribution in [1.29, 1.82) is 0 Å². The number of hydrogen-bond acceptors (Lipinski definition) is 3. The van der Waals surface area contributed by atoms with Gasteiger partial charge in [-0.15, -0.1) is 0 Å². The highest BCUT2D eigenvalue weighted by Crippen LogP contribution is 2.30. The number of carbonyl (C=O) groups excluding carboxylic acids is 1. The van der Waals surface area contributed by atoms with Crippen LogP contribution in [0, 0.1) is 17.5 Å². The average molecular weight is 328 g/mol. The number of piperidine rings is 1. The predicted molar refractivity (Wildman–Crippen MR) is 64.3 cm³/mol. The molecule has 1 aliphatic rings. The van der Waals surface area contributed by atoms with Crippen LogP contribution in [0.5, 0.6) is 0 Å². The van der Waals surface area contributed by atoms with Crippen molar-refractivity contribution in [1.82, 2.24) is 4.31 Å².